The Morgan fingerprint density at radius 3 is 2.57 bits per heavy atom. The van der Waals surface area contributed by atoms with Gasteiger partial charge in [-0.15, -0.1) is 0 Å². The lowest BCUT2D eigenvalue weighted by molar-refractivity contribution is 0.709. The van der Waals surface area contributed by atoms with Crippen LogP contribution in [0.25, 0.3) is 0 Å². The van der Waals surface area contributed by atoms with Crippen molar-refractivity contribution in [3.05, 3.63) is 47.0 Å². The molecule has 0 saturated heterocycles. The molecule has 0 amide bonds. The summed E-state index contributed by atoms with van der Waals surface area (Å²) in [6.07, 6.45) is 2.24. The minimum atomic E-state index is 0.333. The number of allylic oxidation sites excluding steroid dienone is 1. The predicted molar refractivity (Wildman–Crippen MR) is 62.4 cm³/mol. The van der Waals surface area contributed by atoms with Crippen molar-refractivity contribution < 1.29 is 0 Å². The van der Waals surface area contributed by atoms with Crippen molar-refractivity contribution >= 4 is 0 Å². The molecule has 1 rings (SSSR count). The third kappa shape index (κ3) is 3.00. The summed E-state index contributed by atoms with van der Waals surface area (Å²) < 4.78 is 0. The largest absolute Gasteiger partial charge is 0.310 e. The molecule has 0 aliphatic heterocycles. The monoisotopic (exact) mass is 189 g/mol. The molecule has 1 unspecified atom stereocenters. The summed E-state index contributed by atoms with van der Waals surface area (Å²) in [4.78, 5) is 0. The molecule has 76 valence electrons. The van der Waals surface area contributed by atoms with Crippen LogP contribution in [0.4, 0.5) is 0 Å². The predicted octanol–water partition coefficient (Wildman–Crippen LogP) is 3.22. The fourth-order valence-electron chi connectivity index (χ4n) is 1.54. The molecule has 1 nitrogen and oxygen atoms in total. The van der Waals surface area contributed by atoms with Gasteiger partial charge in [-0.1, -0.05) is 41.5 Å². The molecule has 0 aliphatic carbocycles. The highest BCUT2D eigenvalue weighted by molar-refractivity contribution is 5.28. The molecule has 0 bridgehead atoms. The second kappa shape index (κ2) is 4.97. The first-order chi connectivity index (χ1) is 6.63. The number of benzene rings is 1. The van der Waals surface area contributed by atoms with Crippen molar-refractivity contribution in [2.45, 2.75) is 26.8 Å². The van der Waals surface area contributed by atoms with Gasteiger partial charge < -0.3 is 5.32 Å². The molecule has 0 spiro atoms. The molecule has 0 aromatic heterocycles. The normalized spacial score (nSPS) is 12.3. The van der Waals surface area contributed by atoms with Crippen molar-refractivity contribution in [3.63, 3.8) is 0 Å². The topological polar surface area (TPSA) is 12.0 Å². The Balaban J connectivity index is 2.95. The molecule has 1 N–H and O–H groups in total. The Hall–Kier alpha value is -1.08. The van der Waals surface area contributed by atoms with Crippen LogP contribution >= 0.6 is 0 Å². The van der Waals surface area contributed by atoms with Crippen LogP contribution in [0.3, 0.4) is 0 Å². The molecule has 0 fully saturated rings. The molecular formula is C13H19N. The Morgan fingerprint density at radius 2 is 2.07 bits per heavy atom. The Labute approximate surface area is 86.8 Å². The Bertz CT molecular complexity index is 322. The Kier molecular flexibility index (Phi) is 3.90. The number of hydrogen-bond acceptors (Lipinski definition) is 1. The lowest BCUT2D eigenvalue weighted by Gasteiger charge is -2.13. The second-order valence-electron chi connectivity index (χ2n) is 3.92. The third-order valence-corrected chi connectivity index (χ3v) is 2.21. The summed E-state index contributed by atoms with van der Waals surface area (Å²) >= 11 is 0. The van der Waals surface area contributed by atoms with Gasteiger partial charge >= 0.3 is 0 Å². The summed E-state index contributed by atoms with van der Waals surface area (Å²) in [5.41, 5.74) is 3.98. The first-order valence-corrected chi connectivity index (χ1v) is 5.02. The van der Waals surface area contributed by atoms with Crippen LogP contribution in [0, 0.1) is 6.92 Å². The number of nitrogens with one attached hydrogen (secondary N) is 1. The van der Waals surface area contributed by atoms with E-state index in [1.165, 1.54) is 16.7 Å². The van der Waals surface area contributed by atoms with Crippen LogP contribution in [0.2, 0.25) is 0 Å². The highest BCUT2D eigenvalue weighted by Crippen LogP contribution is 2.16. The number of hydrogen-bond donors (Lipinski definition) is 1. The van der Waals surface area contributed by atoms with Gasteiger partial charge in [0.1, 0.15) is 0 Å². The quantitative estimate of drug-likeness (QED) is 0.720. The van der Waals surface area contributed by atoms with Crippen LogP contribution < -0.4 is 5.32 Å². The van der Waals surface area contributed by atoms with E-state index >= 15 is 0 Å². The maximum absolute atomic E-state index is 3.30. The molecule has 0 aliphatic rings. The summed E-state index contributed by atoms with van der Waals surface area (Å²) in [6.45, 7) is 6.37. The third-order valence-electron chi connectivity index (χ3n) is 2.21. The molecule has 0 heterocycles. The van der Waals surface area contributed by atoms with Crippen LogP contribution in [0.1, 0.15) is 31.0 Å². The molecule has 14 heavy (non-hydrogen) atoms. The molecule has 0 radical (unpaired) electrons. The van der Waals surface area contributed by atoms with E-state index < -0.39 is 0 Å². The first-order valence-electron chi connectivity index (χ1n) is 5.02. The lowest BCUT2D eigenvalue weighted by atomic mass is 10.0. The fourth-order valence-corrected chi connectivity index (χ4v) is 1.54. The average molecular weight is 189 g/mol. The van der Waals surface area contributed by atoms with E-state index in [4.69, 9.17) is 0 Å². The van der Waals surface area contributed by atoms with E-state index in [1.807, 2.05) is 7.05 Å². The van der Waals surface area contributed by atoms with Crippen LogP contribution in [0.5, 0.6) is 0 Å². The van der Waals surface area contributed by atoms with E-state index in [2.05, 4.69) is 56.4 Å². The minimum Gasteiger partial charge on any atom is -0.310 e. The van der Waals surface area contributed by atoms with Gasteiger partial charge in [-0.3, -0.25) is 0 Å². The first kappa shape index (κ1) is 11.0. The summed E-state index contributed by atoms with van der Waals surface area (Å²) in [7, 11) is 1.99. The minimum absolute atomic E-state index is 0.333. The molecule has 0 saturated carbocycles. The fraction of sp³-hybridized carbons (Fsp3) is 0.385. The SMILES string of the molecule is CNC(C=C(C)C)c1cccc(C)c1. The van der Waals surface area contributed by atoms with Crippen molar-refractivity contribution in [1.82, 2.24) is 5.32 Å². The van der Waals surface area contributed by atoms with Gasteiger partial charge in [0.25, 0.3) is 0 Å². The van der Waals surface area contributed by atoms with Crippen LogP contribution in [-0.2, 0) is 0 Å². The second-order valence-corrected chi connectivity index (χ2v) is 3.92. The van der Waals surface area contributed by atoms with Crippen molar-refractivity contribution in [2.24, 2.45) is 0 Å². The van der Waals surface area contributed by atoms with E-state index in [0.717, 1.165) is 0 Å². The highest BCUT2D eigenvalue weighted by atomic mass is 14.9. The van der Waals surface area contributed by atoms with Gasteiger partial charge in [0.05, 0.1) is 6.04 Å². The number of likely N-dealkylation sites (N-methyl/N-ethyl adjacent to an activating group) is 1. The zero-order valence-corrected chi connectivity index (χ0v) is 9.46. The van der Waals surface area contributed by atoms with Gasteiger partial charge in [-0.2, -0.15) is 0 Å². The molecule has 1 atom stereocenters. The maximum Gasteiger partial charge on any atom is 0.0506 e. The molecule has 1 heteroatoms. The Morgan fingerprint density at radius 1 is 1.36 bits per heavy atom. The van der Waals surface area contributed by atoms with Gasteiger partial charge in [0.2, 0.25) is 0 Å². The highest BCUT2D eigenvalue weighted by Gasteiger charge is 2.04. The summed E-state index contributed by atoms with van der Waals surface area (Å²) in [6, 6.07) is 8.95. The zero-order chi connectivity index (χ0) is 10.6. The van der Waals surface area contributed by atoms with E-state index in [-0.39, 0.29) is 0 Å². The zero-order valence-electron chi connectivity index (χ0n) is 9.46. The average Bonchev–Trinajstić information content (AvgIpc) is 2.14. The number of rotatable bonds is 3. The maximum atomic E-state index is 3.30. The van der Waals surface area contributed by atoms with Crippen molar-refractivity contribution in [2.75, 3.05) is 7.05 Å². The number of aryl methyl sites for hydroxylation is 1. The standard InChI is InChI=1S/C13H19N/c1-10(2)8-13(14-4)12-7-5-6-11(3)9-12/h5-9,13-14H,1-4H3. The smallest absolute Gasteiger partial charge is 0.0506 e. The van der Waals surface area contributed by atoms with E-state index in [1.54, 1.807) is 0 Å². The molecule has 1 aromatic carbocycles. The van der Waals surface area contributed by atoms with Crippen LogP contribution in [0.15, 0.2) is 35.9 Å². The van der Waals surface area contributed by atoms with Crippen molar-refractivity contribution in [1.29, 1.82) is 0 Å². The summed E-state index contributed by atoms with van der Waals surface area (Å²) in [5.74, 6) is 0. The van der Waals surface area contributed by atoms with Crippen molar-refractivity contribution in [3.8, 4) is 0 Å². The van der Waals surface area contributed by atoms with Gasteiger partial charge in [0, 0.05) is 0 Å². The van der Waals surface area contributed by atoms with E-state index in [9.17, 15) is 0 Å². The van der Waals surface area contributed by atoms with E-state index in [0.29, 0.717) is 6.04 Å². The molecule has 1 aromatic rings. The molecular weight excluding hydrogens is 170 g/mol. The van der Waals surface area contributed by atoms with Gasteiger partial charge in [-0.05, 0) is 33.4 Å². The lowest BCUT2D eigenvalue weighted by Crippen LogP contribution is -2.14. The van der Waals surface area contributed by atoms with Gasteiger partial charge in [-0.25, -0.2) is 0 Å². The van der Waals surface area contributed by atoms with Gasteiger partial charge in [0.15, 0.2) is 0 Å². The van der Waals surface area contributed by atoms with Crippen LogP contribution in [-0.4, -0.2) is 7.05 Å². The summed E-state index contributed by atoms with van der Waals surface area (Å²) in [5, 5.41) is 3.30.